The molecule has 0 spiro atoms. The Morgan fingerprint density at radius 3 is 3.06 bits per heavy atom. The summed E-state index contributed by atoms with van der Waals surface area (Å²) in [6.45, 7) is 3.27. The summed E-state index contributed by atoms with van der Waals surface area (Å²) in [5.74, 6) is 0. The molecule has 1 aromatic rings. The van der Waals surface area contributed by atoms with E-state index in [1.807, 2.05) is 6.07 Å². The Morgan fingerprint density at radius 2 is 2.35 bits per heavy atom. The highest BCUT2D eigenvalue weighted by molar-refractivity contribution is 5.53. The van der Waals surface area contributed by atoms with Crippen molar-refractivity contribution in [1.29, 1.82) is 0 Å². The molecule has 2 N–H and O–H groups in total. The number of hydrogen-bond acceptors (Lipinski definition) is 5. The number of morpholine rings is 1. The second kappa shape index (κ2) is 5.44. The van der Waals surface area contributed by atoms with E-state index in [2.05, 4.69) is 16.8 Å². The third-order valence-corrected chi connectivity index (χ3v) is 3.07. The van der Waals surface area contributed by atoms with Gasteiger partial charge in [0.25, 0.3) is 0 Å². The lowest BCUT2D eigenvalue weighted by Gasteiger charge is -2.39. The molecule has 94 valence electrons. The summed E-state index contributed by atoms with van der Waals surface area (Å²) in [6.07, 6.45) is 3.22. The van der Waals surface area contributed by atoms with Crippen LogP contribution in [0, 0.1) is 0 Å². The van der Waals surface area contributed by atoms with Gasteiger partial charge in [-0.2, -0.15) is 0 Å². The Balaban J connectivity index is 2.24. The van der Waals surface area contributed by atoms with Crippen LogP contribution in [0.4, 0.5) is 5.69 Å². The van der Waals surface area contributed by atoms with Gasteiger partial charge < -0.3 is 19.8 Å². The quantitative estimate of drug-likeness (QED) is 0.785. The van der Waals surface area contributed by atoms with E-state index in [-0.39, 0.29) is 25.4 Å². The van der Waals surface area contributed by atoms with Gasteiger partial charge in [0.15, 0.2) is 0 Å². The van der Waals surface area contributed by atoms with Gasteiger partial charge in [0, 0.05) is 36.2 Å². The van der Waals surface area contributed by atoms with E-state index in [0.717, 1.165) is 11.3 Å². The summed E-state index contributed by atoms with van der Waals surface area (Å²) in [6, 6.07) is 2.12. The molecule has 5 nitrogen and oxygen atoms in total. The Labute approximate surface area is 101 Å². The van der Waals surface area contributed by atoms with Crippen molar-refractivity contribution in [2.45, 2.75) is 25.7 Å². The molecule has 2 rings (SSSR count). The monoisotopic (exact) mass is 238 g/mol. The number of nitrogens with zero attached hydrogens (tertiary/aromatic N) is 2. The first-order valence-electron chi connectivity index (χ1n) is 5.79. The molecule has 1 aromatic heterocycles. The molecule has 17 heavy (non-hydrogen) atoms. The average molecular weight is 238 g/mol. The van der Waals surface area contributed by atoms with Crippen LogP contribution in [0.1, 0.15) is 12.5 Å². The summed E-state index contributed by atoms with van der Waals surface area (Å²) in [7, 11) is 0. The summed E-state index contributed by atoms with van der Waals surface area (Å²) in [4.78, 5) is 6.16. The highest BCUT2D eigenvalue weighted by atomic mass is 16.5. The highest BCUT2D eigenvalue weighted by Crippen LogP contribution is 2.24. The minimum atomic E-state index is -0.161. The highest BCUT2D eigenvalue weighted by Gasteiger charge is 2.26. The maximum atomic E-state index is 9.31. The van der Waals surface area contributed by atoms with E-state index in [4.69, 9.17) is 9.84 Å². The van der Waals surface area contributed by atoms with Crippen LogP contribution in [0.15, 0.2) is 18.5 Å². The van der Waals surface area contributed by atoms with Gasteiger partial charge in [-0.15, -0.1) is 0 Å². The molecule has 0 aromatic carbocycles. The summed E-state index contributed by atoms with van der Waals surface area (Å²) >= 11 is 0. The fraction of sp³-hybridized carbons (Fsp3) is 0.583. The maximum Gasteiger partial charge on any atom is 0.0981 e. The number of anilines is 1. The normalized spacial score (nSPS) is 25.0. The molecule has 2 atom stereocenters. The van der Waals surface area contributed by atoms with Crippen molar-refractivity contribution in [2.75, 3.05) is 24.7 Å². The van der Waals surface area contributed by atoms with Crippen LogP contribution in [-0.4, -0.2) is 47.1 Å². The lowest BCUT2D eigenvalue weighted by atomic mass is 10.1. The first kappa shape index (κ1) is 12.3. The van der Waals surface area contributed by atoms with Gasteiger partial charge in [0.2, 0.25) is 0 Å². The topological polar surface area (TPSA) is 65.8 Å². The van der Waals surface area contributed by atoms with Crippen LogP contribution < -0.4 is 4.90 Å². The summed E-state index contributed by atoms with van der Waals surface area (Å²) in [5, 5.41) is 18.5. The Bertz CT molecular complexity index is 373. The fourth-order valence-electron chi connectivity index (χ4n) is 2.09. The molecule has 0 bridgehead atoms. The number of aromatic nitrogens is 1. The molecule has 0 saturated carbocycles. The van der Waals surface area contributed by atoms with Gasteiger partial charge in [-0.25, -0.2) is 0 Å². The lowest BCUT2D eigenvalue weighted by Crippen LogP contribution is -2.50. The maximum absolute atomic E-state index is 9.31. The molecule has 2 unspecified atom stereocenters. The van der Waals surface area contributed by atoms with Gasteiger partial charge in [-0.05, 0) is 13.0 Å². The van der Waals surface area contributed by atoms with E-state index in [1.165, 1.54) is 0 Å². The molecule has 2 heterocycles. The van der Waals surface area contributed by atoms with Gasteiger partial charge in [-0.1, -0.05) is 0 Å². The largest absolute Gasteiger partial charge is 0.394 e. The number of aliphatic hydroxyl groups excluding tert-OH is 2. The molecule has 1 aliphatic rings. The van der Waals surface area contributed by atoms with Gasteiger partial charge >= 0.3 is 0 Å². The van der Waals surface area contributed by atoms with E-state index in [1.54, 1.807) is 12.4 Å². The SMILES string of the molecule is CC1COC(CO)CN1c1ccncc1CO. The standard InChI is InChI=1S/C12H18N2O3/c1-9-8-17-11(7-16)5-14(9)12-2-3-13-4-10(12)6-15/h2-4,9,11,15-16H,5-8H2,1H3. The number of rotatable bonds is 3. The van der Waals surface area contributed by atoms with Crippen LogP contribution in [0.3, 0.4) is 0 Å². The smallest absolute Gasteiger partial charge is 0.0981 e. The van der Waals surface area contributed by atoms with Crippen molar-refractivity contribution < 1.29 is 14.9 Å². The molecule has 0 aliphatic carbocycles. The molecule has 1 fully saturated rings. The average Bonchev–Trinajstić information content (AvgIpc) is 2.39. The Morgan fingerprint density at radius 1 is 1.53 bits per heavy atom. The molecular formula is C12H18N2O3. The van der Waals surface area contributed by atoms with E-state index >= 15 is 0 Å². The van der Waals surface area contributed by atoms with E-state index in [0.29, 0.717) is 13.2 Å². The number of hydrogen-bond donors (Lipinski definition) is 2. The zero-order chi connectivity index (χ0) is 12.3. The second-order valence-electron chi connectivity index (χ2n) is 4.30. The third kappa shape index (κ3) is 2.57. The van der Waals surface area contributed by atoms with Crippen molar-refractivity contribution in [1.82, 2.24) is 4.98 Å². The van der Waals surface area contributed by atoms with Gasteiger partial charge in [0.05, 0.1) is 25.9 Å². The van der Waals surface area contributed by atoms with Crippen molar-refractivity contribution in [3.63, 3.8) is 0 Å². The zero-order valence-electron chi connectivity index (χ0n) is 9.91. The molecule has 1 aliphatic heterocycles. The van der Waals surface area contributed by atoms with Gasteiger partial charge in [-0.3, -0.25) is 4.98 Å². The van der Waals surface area contributed by atoms with Crippen molar-refractivity contribution in [3.8, 4) is 0 Å². The summed E-state index contributed by atoms with van der Waals surface area (Å²) in [5.41, 5.74) is 1.77. The first-order valence-corrected chi connectivity index (χ1v) is 5.79. The van der Waals surface area contributed by atoms with Crippen LogP contribution in [0.2, 0.25) is 0 Å². The fourth-order valence-corrected chi connectivity index (χ4v) is 2.09. The van der Waals surface area contributed by atoms with Crippen LogP contribution >= 0.6 is 0 Å². The molecule has 0 amide bonds. The predicted molar refractivity (Wildman–Crippen MR) is 63.8 cm³/mol. The molecule has 0 radical (unpaired) electrons. The van der Waals surface area contributed by atoms with Gasteiger partial charge in [0.1, 0.15) is 0 Å². The van der Waals surface area contributed by atoms with Crippen molar-refractivity contribution >= 4 is 5.69 Å². The van der Waals surface area contributed by atoms with Crippen molar-refractivity contribution in [3.05, 3.63) is 24.0 Å². The first-order chi connectivity index (χ1) is 8.26. The minimum absolute atomic E-state index is 0.0166. The minimum Gasteiger partial charge on any atom is -0.394 e. The van der Waals surface area contributed by atoms with Crippen LogP contribution in [-0.2, 0) is 11.3 Å². The zero-order valence-corrected chi connectivity index (χ0v) is 9.91. The Kier molecular flexibility index (Phi) is 3.93. The Hall–Kier alpha value is -1.17. The number of ether oxygens (including phenoxy) is 1. The van der Waals surface area contributed by atoms with E-state index < -0.39 is 0 Å². The van der Waals surface area contributed by atoms with Crippen molar-refractivity contribution in [2.24, 2.45) is 0 Å². The molecule has 1 saturated heterocycles. The predicted octanol–water partition coefficient (Wildman–Crippen LogP) is 0.160. The summed E-state index contributed by atoms with van der Waals surface area (Å²) < 4.78 is 5.49. The molecular weight excluding hydrogens is 220 g/mol. The van der Waals surface area contributed by atoms with Crippen LogP contribution in [0.5, 0.6) is 0 Å². The number of aliphatic hydroxyl groups is 2. The van der Waals surface area contributed by atoms with Crippen LogP contribution in [0.25, 0.3) is 0 Å². The third-order valence-electron chi connectivity index (χ3n) is 3.07. The van der Waals surface area contributed by atoms with E-state index in [9.17, 15) is 5.11 Å². The lowest BCUT2D eigenvalue weighted by molar-refractivity contribution is -0.0104. The molecule has 5 heteroatoms. The number of pyridine rings is 1. The second-order valence-corrected chi connectivity index (χ2v) is 4.30.